The van der Waals surface area contributed by atoms with Gasteiger partial charge in [0.1, 0.15) is 17.8 Å². The van der Waals surface area contributed by atoms with Crippen LogP contribution in [0.25, 0.3) is 11.3 Å². The van der Waals surface area contributed by atoms with Crippen molar-refractivity contribution >= 4 is 17.9 Å². The van der Waals surface area contributed by atoms with Gasteiger partial charge in [-0.1, -0.05) is 11.6 Å². The number of ether oxygens (including phenoxy) is 1. The van der Waals surface area contributed by atoms with Crippen molar-refractivity contribution in [2.75, 3.05) is 7.11 Å². The van der Waals surface area contributed by atoms with Crippen LogP contribution in [0.3, 0.4) is 0 Å². The molecule has 2 aromatic rings. The van der Waals surface area contributed by atoms with E-state index in [2.05, 4.69) is 9.97 Å². The van der Waals surface area contributed by atoms with Crippen molar-refractivity contribution in [3.63, 3.8) is 0 Å². The molecule has 0 bridgehead atoms. The smallest absolute Gasteiger partial charge is 0.168 e. The number of methoxy groups -OCH3 is 1. The first-order valence-electron chi connectivity index (χ1n) is 5.27. The Hall–Kier alpha value is -1.94. The molecule has 18 heavy (non-hydrogen) atoms. The number of carbonyl (C=O) groups is 1. The van der Waals surface area contributed by atoms with E-state index < -0.39 is 0 Å². The summed E-state index contributed by atoms with van der Waals surface area (Å²) in [5.74, 6) is 0.614. The van der Waals surface area contributed by atoms with Crippen molar-refractivity contribution in [2.45, 2.75) is 6.92 Å². The molecular weight excluding hydrogens is 252 g/mol. The molecule has 0 aliphatic rings. The molecule has 2 rings (SSSR count). The maximum Gasteiger partial charge on any atom is 0.168 e. The quantitative estimate of drug-likeness (QED) is 0.798. The Morgan fingerprint density at radius 2 is 2.06 bits per heavy atom. The molecule has 1 aromatic carbocycles. The number of carbonyl (C=O) groups excluding carboxylic acids is 1. The van der Waals surface area contributed by atoms with Gasteiger partial charge in [0.15, 0.2) is 6.29 Å². The Labute approximate surface area is 110 Å². The second-order valence-corrected chi connectivity index (χ2v) is 4.15. The molecule has 0 fully saturated rings. The minimum Gasteiger partial charge on any atom is -0.495 e. The van der Waals surface area contributed by atoms with E-state index in [0.29, 0.717) is 28.4 Å². The zero-order valence-electron chi connectivity index (χ0n) is 9.98. The van der Waals surface area contributed by atoms with Gasteiger partial charge in [0.05, 0.1) is 17.8 Å². The normalized spacial score (nSPS) is 10.2. The van der Waals surface area contributed by atoms with Crippen molar-refractivity contribution in [2.24, 2.45) is 0 Å². The summed E-state index contributed by atoms with van der Waals surface area (Å²) in [6.45, 7) is 1.93. The fraction of sp³-hybridized carbons (Fsp3) is 0.154. The molecule has 0 N–H and O–H groups in total. The number of benzene rings is 1. The maximum atomic E-state index is 10.7. The van der Waals surface area contributed by atoms with Crippen LogP contribution in [-0.4, -0.2) is 23.4 Å². The predicted molar refractivity (Wildman–Crippen MR) is 69.2 cm³/mol. The van der Waals surface area contributed by atoms with E-state index >= 15 is 0 Å². The first-order chi connectivity index (χ1) is 8.65. The van der Waals surface area contributed by atoms with Crippen LogP contribution in [0.2, 0.25) is 5.02 Å². The summed E-state index contributed by atoms with van der Waals surface area (Å²) < 4.78 is 5.14. The zero-order chi connectivity index (χ0) is 13.1. The second kappa shape index (κ2) is 5.14. The molecule has 0 atom stereocenters. The standard InChI is InChI=1S/C13H11ClN2O2/c1-8-3-13(18-2)11(14)5-10(8)12-4-9(6-17)15-7-16-12/h3-7H,1-2H3. The molecule has 1 aromatic heterocycles. The van der Waals surface area contributed by atoms with E-state index in [0.717, 1.165) is 11.1 Å². The van der Waals surface area contributed by atoms with E-state index in [1.807, 2.05) is 13.0 Å². The van der Waals surface area contributed by atoms with Gasteiger partial charge in [0, 0.05) is 5.56 Å². The molecular formula is C13H11ClN2O2. The number of aldehydes is 1. The van der Waals surface area contributed by atoms with E-state index in [4.69, 9.17) is 16.3 Å². The highest BCUT2D eigenvalue weighted by Gasteiger charge is 2.10. The fourth-order valence-corrected chi connectivity index (χ4v) is 1.91. The molecule has 1 heterocycles. The van der Waals surface area contributed by atoms with Gasteiger partial charge in [-0.05, 0) is 30.7 Å². The van der Waals surface area contributed by atoms with E-state index in [1.165, 1.54) is 6.33 Å². The van der Waals surface area contributed by atoms with Gasteiger partial charge in [0.25, 0.3) is 0 Å². The monoisotopic (exact) mass is 262 g/mol. The Kier molecular flexibility index (Phi) is 3.58. The molecule has 0 saturated carbocycles. The molecule has 0 amide bonds. The lowest BCUT2D eigenvalue weighted by Crippen LogP contribution is -1.94. The molecule has 0 spiro atoms. The number of halogens is 1. The number of nitrogens with zero attached hydrogens (tertiary/aromatic N) is 2. The van der Waals surface area contributed by atoms with Crippen molar-refractivity contribution in [3.8, 4) is 17.0 Å². The van der Waals surface area contributed by atoms with Crippen LogP contribution in [-0.2, 0) is 0 Å². The average molecular weight is 263 g/mol. The molecule has 5 heteroatoms. The largest absolute Gasteiger partial charge is 0.495 e. The predicted octanol–water partition coefficient (Wildman–Crippen LogP) is 2.93. The van der Waals surface area contributed by atoms with Crippen molar-refractivity contribution in [1.82, 2.24) is 9.97 Å². The Morgan fingerprint density at radius 3 is 2.72 bits per heavy atom. The van der Waals surface area contributed by atoms with Gasteiger partial charge in [-0.15, -0.1) is 0 Å². The molecule has 92 valence electrons. The van der Waals surface area contributed by atoms with E-state index in [1.54, 1.807) is 19.2 Å². The summed E-state index contributed by atoms with van der Waals surface area (Å²) in [6.07, 6.45) is 2.04. The van der Waals surface area contributed by atoms with Crippen LogP contribution in [0.5, 0.6) is 5.75 Å². The Bertz CT molecular complexity index is 600. The molecule has 0 aliphatic carbocycles. The molecule has 0 saturated heterocycles. The summed E-state index contributed by atoms with van der Waals surface area (Å²) in [6, 6.07) is 5.23. The minimum absolute atomic E-state index is 0.339. The lowest BCUT2D eigenvalue weighted by molar-refractivity contribution is 0.111. The highest BCUT2D eigenvalue weighted by atomic mass is 35.5. The van der Waals surface area contributed by atoms with Gasteiger partial charge >= 0.3 is 0 Å². The van der Waals surface area contributed by atoms with Gasteiger partial charge in [-0.2, -0.15) is 0 Å². The van der Waals surface area contributed by atoms with Gasteiger partial charge in [0.2, 0.25) is 0 Å². The number of hydrogen-bond acceptors (Lipinski definition) is 4. The maximum absolute atomic E-state index is 10.7. The molecule has 4 nitrogen and oxygen atoms in total. The summed E-state index contributed by atoms with van der Waals surface area (Å²) in [7, 11) is 1.56. The van der Waals surface area contributed by atoms with Gasteiger partial charge in [-0.25, -0.2) is 9.97 Å². The van der Waals surface area contributed by atoms with E-state index in [-0.39, 0.29) is 0 Å². The lowest BCUT2D eigenvalue weighted by atomic mass is 10.0. The highest BCUT2D eigenvalue weighted by molar-refractivity contribution is 6.32. The van der Waals surface area contributed by atoms with Gasteiger partial charge < -0.3 is 4.74 Å². The number of aromatic nitrogens is 2. The molecule has 0 unspecified atom stereocenters. The summed E-state index contributed by atoms with van der Waals surface area (Å²) in [4.78, 5) is 18.7. The number of rotatable bonds is 3. The summed E-state index contributed by atoms with van der Waals surface area (Å²) in [5, 5.41) is 0.504. The van der Waals surface area contributed by atoms with Crippen LogP contribution in [0, 0.1) is 6.92 Å². The third-order valence-corrected chi connectivity index (χ3v) is 2.88. The van der Waals surface area contributed by atoms with E-state index in [9.17, 15) is 4.79 Å². The fourth-order valence-electron chi connectivity index (χ4n) is 1.67. The Balaban J connectivity index is 2.56. The molecule has 0 radical (unpaired) electrons. The average Bonchev–Trinajstić information content (AvgIpc) is 2.41. The van der Waals surface area contributed by atoms with Crippen LogP contribution < -0.4 is 4.74 Å². The third kappa shape index (κ3) is 2.33. The van der Waals surface area contributed by atoms with Crippen molar-refractivity contribution in [3.05, 3.63) is 40.8 Å². The number of aryl methyl sites for hydroxylation is 1. The van der Waals surface area contributed by atoms with Crippen LogP contribution >= 0.6 is 11.6 Å². The summed E-state index contributed by atoms with van der Waals surface area (Å²) >= 11 is 6.09. The first-order valence-corrected chi connectivity index (χ1v) is 5.65. The number of hydrogen-bond donors (Lipinski definition) is 0. The lowest BCUT2D eigenvalue weighted by Gasteiger charge is -2.09. The zero-order valence-corrected chi connectivity index (χ0v) is 10.7. The van der Waals surface area contributed by atoms with Gasteiger partial charge in [-0.3, -0.25) is 4.79 Å². The second-order valence-electron chi connectivity index (χ2n) is 3.75. The third-order valence-electron chi connectivity index (χ3n) is 2.58. The minimum atomic E-state index is 0.339. The molecule has 0 aliphatic heterocycles. The van der Waals surface area contributed by atoms with Crippen LogP contribution in [0.1, 0.15) is 16.1 Å². The van der Waals surface area contributed by atoms with Crippen LogP contribution in [0.4, 0.5) is 0 Å². The topological polar surface area (TPSA) is 52.1 Å². The van der Waals surface area contributed by atoms with Crippen molar-refractivity contribution in [1.29, 1.82) is 0 Å². The highest BCUT2D eigenvalue weighted by Crippen LogP contribution is 2.32. The van der Waals surface area contributed by atoms with Crippen molar-refractivity contribution < 1.29 is 9.53 Å². The Morgan fingerprint density at radius 1 is 1.28 bits per heavy atom. The SMILES string of the molecule is COc1cc(C)c(-c2cc(C=O)ncn2)cc1Cl. The first kappa shape index (κ1) is 12.5. The summed E-state index contributed by atoms with van der Waals surface area (Å²) in [5.41, 5.74) is 2.82. The van der Waals surface area contributed by atoms with Crippen LogP contribution in [0.15, 0.2) is 24.5 Å².